The van der Waals surface area contributed by atoms with E-state index in [1.165, 1.54) is 51.4 Å². The average Bonchev–Trinajstić information content (AvgIpc) is 3.26. The van der Waals surface area contributed by atoms with E-state index in [0.29, 0.717) is 6.42 Å². The van der Waals surface area contributed by atoms with Crippen molar-refractivity contribution in [3.05, 3.63) is 17.9 Å². The summed E-state index contributed by atoms with van der Waals surface area (Å²) in [5, 5.41) is 11.4. The van der Waals surface area contributed by atoms with Crippen LogP contribution in [0.3, 0.4) is 0 Å². The predicted molar refractivity (Wildman–Crippen MR) is 128 cm³/mol. The molecule has 0 aliphatic heterocycles. The molecule has 0 spiro atoms. The number of hydrogen-bond acceptors (Lipinski definition) is 4. The third-order valence-corrected chi connectivity index (χ3v) is 12.1. The lowest BCUT2D eigenvalue weighted by Crippen LogP contribution is -2.44. The first-order valence-electron chi connectivity index (χ1n) is 12.5. The molecule has 1 rings (SSSR count). The van der Waals surface area contributed by atoms with Crippen molar-refractivity contribution in [3.63, 3.8) is 0 Å². The van der Waals surface area contributed by atoms with Crippen molar-refractivity contribution in [3.8, 4) is 0 Å². The van der Waals surface area contributed by atoms with Gasteiger partial charge in [-0.15, -0.1) is 0 Å². The minimum Gasteiger partial charge on any atom is -0.474 e. The van der Waals surface area contributed by atoms with Gasteiger partial charge in [-0.25, -0.2) is 0 Å². The van der Waals surface area contributed by atoms with Crippen LogP contribution in [0.5, 0.6) is 0 Å². The second-order valence-electron chi connectivity index (χ2n) is 8.72. The predicted octanol–water partition coefficient (Wildman–Crippen LogP) is 6.88. The maximum absolute atomic E-state index is 12.0. The molecule has 1 atom stereocenters. The average molecular weight is 439 g/mol. The van der Waals surface area contributed by atoms with E-state index in [0.717, 1.165) is 41.9 Å². The standard InChI is InChI=1S/C25H46O4Si/c1-5-9-10-11-12-13-14-15-16-17-18-24(27)28-21-23(26)22-19-25(29-20-22)30(6-2,7-3)8-4/h19-20,23,26H,5-18,21H2,1-4H3. The number of furan rings is 1. The summed E-state index contributed by atoms with van der Waals surface area (Å²) < 4.78 is 11.1. The van der Waals surface area contributed by atoms with Gasteiger partial charge in [0.25, 0.3) is 0 Å². The molecule has 1 unspecified atom stereocenters. The molecule has 1 N–H and O–H groups in total. The maximum atomic E-state index is 12.0. The zero-order valence-corrected chi connectivity index (χ0v) is 21.0. The number of esters is 1. The van der Waals surface area contributed by atoms with Gasteiger partial charge in [0.1, 0.15) is 20.8 Å². The largest absolute Gasteiger partial charge is 0.474 e. The molecule has 1 heterocycles. The van der Waals surface area contributed by atoms with Gasteiger partial charge in [0.15, 0.2) is 0 Å². The number of ether oxygens (including phenoxy) is 1. The molecule has 1 aromatic rings. The molecule has 4 nitrogen and oxygen atoms in total. The van der Waals surface area contributed by atoms with Crippen LogP contribution in [0, 0.1) is 0 Å². The minimum atomic E-state index is -1.59. The number of unbranched alkanes of at least 4 members (excludes halogenated alkanes) is 9. The van der Waals surface area contributed by atoms with Gasteiger partial charge in [-0.1, -0.05) is 104 Å². The Morgan fingerprint density at radius 2 is 1.47 bits per heavy atom. The number of aliphatic hydroxyl groups excluding tert-OH is 1. The normalized spacial score (nSPS) is 12.8. The second kappa shape index (κ2) is 15.7. The van der Waals surface area contributed by atoms with Crippen molar-refractivity contribution in [1.82, 2.24) is 0 Å². The van der Waals surface area contributed by atoms with Crippen LogP contribution in [-0.4, -0.2) is 25.8 Å². The fraction of sp³-hybridized carbons (Fsp3) is 0.800. The summed E-state index contributed by atoms with van der Waals surface area (Å²) in [5.74, 6) is -0.211. The zero-order valence-electron chi connectivity index (χ0n) is 20.0. The lowest BCUT2D eigenvalue weighted by molar-refractivity contribution is -0.146. The van der Waals surface area contributed by atoms with E-state index in [-0.39, 0.29) is 12.6 Å². The van der Waals surface area contributed by atoms with Gasteiger partial charge >= 0.3 is 5.97 Å². The Hall–Kier alpha value is -1.07. The van der Waals surface area contributed by atoms with E-state index in [9.17, 15) is 9.90 Å². The van der Waals surface area contributed by atoms with Gasteiger partial charge in [0.05, 0.1) is 11.6 Å². The summed E-state index contributed by atoms with van der Waals surface area (Å²) in [6.45, 7) is 8.94. The summed E-state index contributed by atoms with van der Waals surface area (Å²) in [4.78, 5) is 12.0. The Balaban J connectivity index is 2.20. The van der Waals surface area contributed by atoms with E-state index in [4.69, 9.17) is 9.15 Å². The highest BCUT2D eigenvalue weighted by molar-refractivity contribution is 6.90. The molecule has 0 aromatic carbocycles. The van der Waals surface area contributed by atoms with Crippen LogP contribution in [0.1, 0.15) is 110 Å². The van der Waals surface area contributed by atoms with E-state index in [1.807, 2.05) is 6.07 Å². The molecule has 5 heteroatoms. The Morgan fingerprint density at radius 3 is 2.00 bits per heavy atom. The third kappa shape index (κ3) is 9.38. The third-order valence-electron chi connectivity index (χ3n) is 6.69. The van der Waals surface area contributed by atoms with Gasteiger partial charge in [0.2, 0.25) is 0 Å². The molecule has 0 radical (unpaired) electrons. The SMILES string of the molecule is CCCCCCCCCCCCC(=O)OCC(O)c1coc([Si](CC)(CC)CC)c1. The Labute approximate surface area is 185 Å². The fourth-order valence-corrected chi connectivity index (χ4v) is 7.50. The molecule has 174 valence electrons. The smallest absolute Gasteiger partial charge is 0.305 e. The van der Waals surface area contributed by atoms with Gasteiger partial charge in [-0.2, -0.15) is 0 Å². The molecule has 0 saturated carbocycles. The number of carbonyl (C=O) groups is 1. The summed E-state index contributed by atoms with van der Waals surface area (Å²) in [6, 6.07) is 5.40. The van der Waals surface area contributed by atoms with Crippen LogP contribution in [0.2, 0.25) is 18.1 Å². The quantitative estimate of drug-likeness (QED) is 0.154. The minimum absolute atomic E-state index is 0.00843. The first kappa shape index (κ1) is 27.0. The lowest BCUT2D eigenvalue weighted by atomic mass is 10.1. The summed E-state index contributed by atoms with van der Waals surface area (Å²) in [7, 11) is -1.59. The first-order valence-corrected chi connectivity index (χ1v) is 15.1. The molecule has 0 amide bonds. The van der Waals surface area contributed by atoms with Crippen molar-refractivity contribution < 1.29 is 19.1 Å². The lowest BCUT2D eigenvalue weighted by Gasteiger charge is -2.24. The van der Waals surface area contributed by atoms with Crippen molar-refractivity contribution >= 4 is 19.4 Å². The number of aliphatic hydroxyl groups is 1. The number of carbonyl (C=O) groups excluding carboxylic acids is 1. The molecule has 0 fully saturated rings. The van der Waals surface area contributed by atoms with Crippen molar-refractivity contribution in [2.75, 3.05) is 6.61 Å². The van der Waals surface area contributed by atoms with Crippen molar-refractivity contribution in [2.45, 2.75) is 123 Å². The number of rotatable bonds is 18. The summed E-state index contributed by atoms with van der Waals surface area (Å²) >= 11 is 0. The Bertz CT molecular complexity index is 557. The molecule has 1 aromatic heterocycles. The molecule has 0 aliphatic carbocycles. The highest BCUT2D eigenvalue weighted by Crippen LogP contribution is 2.23. The molecule has 0 saturated heterocycles. The van der Waals surface area contributed by atoms with Crippen LogP contribution >= 0.6 is 0 Å². The highest BCUT2D eigenvalue weighted by atomic mass is 28.3. The van der Waals surface area contributed by atoms with E-state index < -0.39 is 14.2 Å². The van der Waals surface area contributed by atoms with Crippen LogP contribution in [0.15, 0.2) is 16.7 Å². The zero-order chi connectivity index (χ0) is 22.2. The highest BCUT2D eigenvalue weighted by Gasteiger charge is 2.33. The van der Waals surface area contributed by atoms with E-state index in [1.54, 1.807) is 6.26 Å². The van der Waals surface area contributed by atoms with Gasteiger partial charge in [-0.05, 0) is 12.5 Å². The molecule has 0 aliphatic rings. The maximum Gasteiger partial charge on any atom is 0.305 e. The van der Waals surface area contributed by atoms with E-state index >= 15 is 0 Å². The number of hydrogen-bond donors (Lipinski definition) is 1. The van der Waals surface area contributed by atoms with Crippen LogP contribution in [0.25, 0.3) is 0 Å². The molecular weight excluding hydrogens is 392 g/mol. The fourth-order valence-electron chi connectivity index (χ4n) is 4.17. The van der Waals surface area contributed by atoms with E-state index in [2.05, 4.69) is 27.7 Å². The summed E-state index contributed by atoms with van der Waals surface area (Å²) in [6.07, 6.45) is 13.7. The van der Waals surface area contributed by atoms with Crippen LogP contribution in [-0.2, 0) is 9.53 Å². The van der Waals surface area contributed by atoms with Gasteiger partial charge in [-0.3, -0.25) is 4.79 Å². The Morgan fingerprint density at radius 1 is 0.933 bits per heavy atom. The Kier molecular flexibility index (Phi) is 14.1. The topological polar surface area (TPSA) is 59.7 Å². The molecular formula is C25H46O4Si. The molecule has 30 heavy (non-hydrogen) atoms. The van der Waals surface area contributed by atoms with Crippen molar-refractivity contribution in [2.24, 2.45) is 0 Å². The molecule has 0 bridgehead atoms. The van der Waals surface area contributed by atoms with Gasteiger partial charge in [0, 0.05) is 12.0 Å². The van der Waals surface area contributed by atoms with Crippen LogP contribution in [0.4, 0.5) is 0 Å². The second-order valence-corrected chi connectivity index (χ2v) is 13.9. The monoisotopic (exact) mass is 438 g/mol. The van der Waals surface area contributed by atoms with Crippen molar-refractivity contribution in [1.29, 1.82) is 0 Å². The summed E-state index contributed by atoms with van der Waals surface area (Å²) in [5.41, 5.74) is 0.726. The van der Waals surface area contributed by atoms with Gasteiger partial charge < -0.3 is 14.3 Å². The first-order chi connectivity index (χ1) is 14.5. The van der Waals surface area contributed by atoms with Crippen LogP contribution < -0.4 is 5.38 Å².